The van der Waals surface area contributed by atoms with Gasteiger partial charge in [0.15, 0.2) is 0 Å². The van der Waals surface area contributed by atoms with Gasteiger partial charge in [-0.05, 0) is 18.4 Å². The normalized spacial score (nSPS) is 22.0. The second-order valence-electron chi connectivity index (χ2n) is 4.73. The number of carbonyl (C=O) groups is 1. The van der Waals surface area contributed by atoms with E-state index in [1.54, 1.807) is 4.90 Å². The monoisotopic (exact) mass is 232 g/mol. The van der Waals surface area contributed by atoms with E-state index in [0.29, 0.717) is 12.0 Å². The predicted octanol–water partition coefficient (Wildman–Crippen LogP) is 2.59. The number of hydrogen-bond acceptors (Lipinski definition) is 1. The summed E-state index contributed by atoms with van der Waals surface area (Å²) in [6.07, 6.45) is 2.06. The van der Waals surface area contributed by atoms with E-state index in [-0.39, 0.29) is 6.03 Å². The van der Waals surface area contributed by atoms with Gasteiger partial charge in [0.25, 0.3) is 0 Å². The van der Waals surface area contributed by atoms with Gasteiger partial charge in [0.05, 0.1) is 0 Å². The molecule has 0 aliphatic heterocycles. The van der Waals surface area contributed by atoms with E-state index >= 15 is 0 Å². The Morgan fingerprint density at radius 3 is 2.76 bits per heavy atom. The van der Waals surface area contributed by atoms with Crippen molar-refractivity contribution in [3.05, 3.63) is 35.9 Å². The van der Waals surface area contributed by atoms with Crippen LogP contribution in [-0.4, -0.2) is 30.6 Å². The lowest BCUT2D eigenvalue weighted by Crippen LogP contribution is -2.39. The van der Waals surface area contributed by atoms with Crippen molar-refractivity contribution in [3.63, 3.8) is 0 Å². The molecular weight excluding hydrogens is 212 g/mol. The number of nitrogens with zero attached hydrogens (tertiary/aromatic N) is 1. The summed E-state index contributed by atoms with van der Waals surface area (Å²) < 4.78 is 0. The number of hydrogen-bond donors (Lipinski definition) is 1. The molecule has 0 bridgehead atoms. The molecule has 0 unspecified atom stereocenters. The highest BCUT2D eigenvalue weighted by molar-refractivity contribution is 5.74. The van der Waals surface area contributed by atoms with Gasteiger partial charge in [-0.3, -0.25) is 0 Å². The summed E-state index contributed by atoms with van der Waals surface area (Å²) in [6.45, 7) is 2.89. The SMILES string of the molecule is CCCN(C)C(=O)N[C@H]1C[C@H]1c1ccccc1. The van der Waals surface area contributed by atoms with E-state index in [1.165, 1.54) is 5.56 Å². The second-order valence-corrected chi connectivity index (χ2v) is 4.73. The Bertz CT molecular complexity index is 377. The molecule has 1 aliphatic rings. The molecule has 0 aromatic heterocycles. The Labute approximate surface area is 103 Å². The van der Waals surface area contributed by atoms with Crippen molar-refractivity contribution in [1.82, 2.24) is 10.2 Å². The molecule has 92 valence electrons. The molecule has 1 saturated carbocycles. The van der Waals surface area contributed by atoms with Gasteiger partial charge in [0, 0.05) is 25.6 Å². The molecule has 1 aliphatic carbocycles. The summed E-state index contributed by atoms with van der Waals surface area (Å²) >= 11 is 0. The summed E-state index contributed by atoms with van der Waals surface area (Å²) in [6, 6.07) is 10.8. The van der Waals surface area contributed by atoms with Gasteiger partial charge in [0.2, 0.25) is 0 Å². The van der Waals surface area contributed by atoms with Gasteiger partial charge >= 0.3 is 6.03 Å². The first-order valence-corrected chi connectivity index (χ1v) is 6.29. The van der Waals surface area contributed by atoms with Crippen LogP contribution in [0.1, 0.15) is 31.2 Å². The van der Waals surface area contributed by atoms with Crippen molar-refractivity contribution in [2.45, 2.75) is 31.7 Å². The quantitative estimate of drug-likeness (QED) is 0.850. The van der Waals surface area contributed by atoms with Crippen molar-refractivity contribution >= 4 is 6.03 Å². The van der Waals surface area contributed by atoms with E-state index in [1.807, 2.05) is 13.1 Å². The molecule has 0 heterocycles. The lowest BCUT2D eigenvalue weighted by atomic mass is 10.1. The van der Waals surface area contributed by atoms with Gasteiger partial charge < -0.3 is 10.2 Å². The average Bonchev–Trinajstić information content (AvgIpc) is 3.10. The third-order valence-electron chi connectivity index (χ3n) is 3.23. The summed E-state index contributed by atoms with van der Waals surface area (Å²) in [5.41, 5.74) is 1.33. The Morgan fingerprint density at radius 1 is 1.41 bits per heavy atom. The van der Waals surface area contributed by atoms with Crippen molar-refractivity contribution in [3.8, 4) is 0 Å². The van der Waals surface area contributed by atoms with Crippen LogP contribution in [0.5, 0.6) is 0 Å². The number of benzene rings is 1. The van der Waals surface area contributed by atoms with Gasteiger partial charge in [-0.1, -0.05) is 37.3 Å². The molecular formula is C14H20N2O. The lowest BCUT2D eigenvalue weighted by Gasteiger charge is -2.16. The van der Waals surface area contributed by atoms with Crippen LogP contribution in [0.25, 0.3) is 0 Å². The highest BCUT2D eigenvalue weighted by Crippen LogP contribution is 2.40. The van der Waals surface area contributed by atoms with Gasteiger partial charge in [-0.2, -0.15) is 0 Å². The maximum Gasteiger partial charge on any atom is 0.317 e. The fourth-order valence-electron chi connectivity index (χ4n) is 2.13. The van der Waals surface area contributed by atoms with Crippen molar-refractivity contribution in [2.75, 3.05) is 13.6 Å². The molecule has 2 atom stereocenters. The summed E-state index contributed by atoms with van der Waals surface area (Å²) in [4.78, 5) is 13.5. The lowest BCUT2D eigenvalue weighted by molar-refractivity contribution is 0.208. The largest absolute Gasteiger partial charge is 0.335 e. The summed E-state index contributed by atoms with van der Waals surface area (Å²) in [7, 11) is 1.85. The smallest absolute Gasteiger partial charge is 0.317 e. The minimum absolute atomic E-state index is 0.0512. The van der Waals surface area contributed by atoms with Crippen LogP contribution in [0, 0.1) is 0 Å². The zero-order valence-electron chi connectivity index (χ0n) is 10.5. The summed E-state index contributed by atoms with van der Waals surface area (Å²) in [5.74, 6) is 0.509. The zero-order chi connectivity index (χ0) is 12.3. The Morgan fingerprint density at radius 2 is 2.12 bits per heavy atom. The molecule has 17 heavy (non-hydrogen) atoms. The fraction of sp³-hybridized carbons (Fsp3) is 0.500. The van der Waals surface area contributed by atoms with Crippen molar-refractivity contribution in [1.29, 1.82) is 0 Å². The zero-order valence-corrected chi connectivity index (χ0v) is 10.5. The average molecular weight is 232 g/mol. The molecule has 0 saturated heterocycles. The molecule has 3 nitrogen and oxygen atoms in total. The van der Waals surface area contributed by atoms with Gasteiger partial charge in [-0.15, -0.1) is 0 Å². The van der Waals surface area contributed by atoms with Crippen LogP contribution in [0.2, 0.25) is 0 Å². The number of rotatable bonds is 4. The standard InChI is InChI=1S/C14H20N2O/c1-3-9-16(2)14(17)15-13-10-12(13)11-7-5-4-6-8-11/h4-8,12-13H,3,9-10H2,1-2H3,(H,15,17)/t12-,13-/m0/s1. The molecule has 1 N–H and O–H groups in total. The highest BCUT2D eigenvalue weighted by Gasteiger charge is 2.39. The summed E-state index contributed by atoms with van der Waals surface area (Å²) in [5, 5.41) is 3.07. The second kappa shape index (κ2) is 5.21. The number of urea groups is 1. The van der Waals surface area contributed by atoms with E-state index in [4.69, 9.17) is 0 Å². The first-order chi connectivity index (χ1) is 8.22. The molecule has 1 aromatic carbocycles. The number of nitrogens with one attached hydrogen (secondary N) is 1. The maximum absolute atomic E-state index is 11.8. The Balaban J connectivity index is 1.82. The van der Waals surface area contributed by atoms with Crippen LogP contribution < -0.4 is 5.32 Å². The fourth-order valence-corrected chi connectivity index (χ4v) is 2.13. The maximum atomic E-state index is 11.8. The molecule has 2 amide bonds. The Kier molecular flexibility index (Phi) is 3.67. The van der Waals surface area contributed by atoms with Crippen molar-refractivity contribution in [2.24, 2.45) is 0 Å². The van der Waals surface area contributed by atoms with Crippen LogP contribution >= 0.6 is 0 Å². The predicted molar refractivity (Wildman–Crippen MR) is 69.0 cm³/mol. The molecule has 0 radical (unpaired) electrons. The highest BCUT2D eigenvalue weighted by atomic mass is 16.2. The Hall–Kier alpha value is -1.51. The molecule has 0 spiro atoms. The first kappa shape index (κ1) is 12.0. The third kappa shape index (κ3) is 2.99. The minimum Gasteiger partial charge on any atom is -0.335 e. The molecule has 1 aromatic rings. The van der Waals surface area contributed by atoms with Gasteiger partial charge in [-0.25, -0.2) is 4.79 Å². The van der Waals surface area contributed by atoms with Crippen molar-refractivity contribution < 1.29 is 4.79 Å². The van der Waals surface area contributed by atoms with Crippen LogP contribution in [0.15, 0.2) is 30.3 Å². The minimum atomic E-state index is 0.0512. The molecule has 3 heteroatoms. The third-order valence-corrected chi connectivity index (χ3v) is 3.23. The molecule has 1 fully saturated rings. The van der Waals surface area contributed by atoms with Crippen LogP contribution in [0.3, 0.4) is 0 Å². The van der Waals surface area contributed by atoms with E-state index in [9.17, 15) is 4.79 Å². The van der Waals surface area contributed by atoms with E-state index < -0.39 is 0 Å². The van der Waals surface area contributed by atoms with Crippen LogP contribution in [-0.2, 0) is 0 Å². The first-order valence-electron chi connectivity index (χ1n) is 6.29. The molecule has 2 rings (SSSR count). The topological polar surface area (TPSA) is 32.3 Å². The van der Waals surface area contributed by atoms with Gasteiger partial charge in [0.1, 0.15) is 0 Å². The number of carbonyl (C=O) groups excluding carboxylic acids is 1. The number of amides is 2. The van der Waals surface area contributed by atoms with E-state index in [0.717, 1.165) is 19.4 Å². The van der Waals surface area contributed by atoms with Crippen LogP contribution in [0.4, 0.5) is 4.79 Å². The van der Waals surface area contributed by atoms with E-state index in [2.05, 4.69) is 36.5 Å².